The molecule has 0 bridgehead atoms. The molecule has 0 aromatic heterocycles. The number of allylic oxidation sites excluding steroid dienone is 5. The van der Waals surface area contributed by atoms with Crippen LogP contribution in [0.2, 0.25) is 0 Å². The molecule has 0 fully saturated rings. The average Bonchev–Trinajstić information content (AvgIpc) is 2.15. The van der Waals surface area contributed by atoms with Crippen molar-refractivity contribution < 1.29 is 5.11 Å². The third-order valence-electron chi connectivity index (χ3n) is 2.86. The SMILES string of the molecule is CC(C)=C1C=CC(O)C(=C(C)C)C1=C(C)C. The van der Waals surface area contributed by atoms with Crippen LogP contribution >= 0.6 is 0 Å². The molecule has 0 aliphatic heterocycles. The Morgan fingerprint density at radius 1 is 0.938 bits per heavy atom. The molecular formula is C15H22O. The van der Waals surface area contributed by atoms with E-state index in [9.17, 15) is 5.11 Å². The molecule has 0 aromatic carbocycles. The van der Waals surface area contributed by atoms with Crippen molar-refractivity contribution in [3.8, 4) is 0 Å². The highest BCUT2D eigenvalue weighted by Gasteiger charge is 2.22. The number of hydrogen-bond donors (Lipinski definition) is 1. The third kappa shape index (κ3) is 2.35. The number of rotatable bonds is 0. The van der Waals surface area contributed by atoms with Crippen molar-refractivity contribution in [1.29, 1.82) is 0 Å². The van der Waals surface area contributed by atoms with E-state index in [1.54, 1.807) is 0 Å². The van der Waals surface area contributed by atoms with Crippen molar-refractivity contribution in [2.24, 2.45) is 0 Å². The van der Waals surface area contributed by atoms with E-state index in [1.165, 1.54) is 27.9 Å². The van der Waals surface area contributed by atoms with Crippen LogP contribution in [0.3, 0.4) is 0 Å². The molecular weight excluding hydrogens is 196 g/mol. The summed E-state index contributed by atoms with van der Waals surface area (Å²) < 4.78 is 0. The molecule has 1 atom stereocenters. The molecule has 0 aromatic rings. The summed E-state index contributed by atoms with van der Waals surface area (Å²) in [5.41, 5.74) is 7.27. The summed E-state index contributed by atoms with van der Waals surface area (Å²) in [6, 6.07) is 0. The average molecular weight is 218 g/mol. The highest BCUT2D eigenvalue weighted by Crippen LogP contribution is 2.35. The molecule has 1 aliphatic rings. The van der Waals surface area contributed by atoms with Crippen molar-refractivity contribution >= 4 is 0 Å². The van der Waals surface area contributed by atoms with Gasteiger partial charge in [-0.25, -0.2) is 0 Å². The number of aliphatic hydroxyl groups is 1. The maximum absolute atomic E-state index is 10.1. The fraction of sp³-hybridized carbons (Fsp3) is 0.467. The number of aliphatic hydroxyl groups excluding tert-OH is 1. The van der Waals surface area contributed by atoms with Gasteiger partial charge in [0.1, 0.15) is 0 Å². The van der Waals surface area contributed by atoms with Gasteiger partial charge in [-0.3, -0.25) is 0 Å². The van der Waals surface area contributed by atoms with Crippen LogP contribution < -0.4 is 0 Å². The molecule has 0 saturated carbocycles. The Kier molecular flexibility index (Phi) is 3.93. The summed E-state index contributed by atoms with van der Waals surface area (Å²) >= 11 is 0. The zero-order chi connectivity index (χ0) is 12.5. The standard InChI is InChI=1S/C15H22O/c1-9(2)12-7-8-13(16)15(11(5)6)14(12)10(3)4/h7-8,13,16H,1-6H3. The van der Waals surface area contributed by atoms with Gasteiger partial charge in [0, 0.05) is 0 Å². The van der Waals surface area contributed by atoms with E-state index in [-0.39, 0.29) is 0 Å². The van der Waals surface area contributed by atoms with Crippen molar-refractivity contribution in [3.63, 3.8) is 0 Å². The number of hydrogen-bond acceptors (Lipinski definition) is 1. The molecule has 1 rings (SSSR count). The third-order valence-corrected chi connectivity index (χ3v) is 2.86. The minimum atomic E-state index is -0.460. The first-order valence-corrected chi connectivity index (χ1v) is 5.75. The Bertz CT molecular complexity index is 405. The Morgan fingerprint density at radius 2 is 1.50 bits per heavy atom. The van der Waals surface area contributed by atoms with Gasteiger partial charge in [0.25, 0.3) is 0 Å². The lowest BCUT2D eigenvalue weighted by Gasteiger charge is -2.26. The molecule has 0 radical (unpaired) electrons. The quantitative estimate of drug-likeness (QED) is 0.653. The lowest BCUT2D eigenvalue weighted by atomic mass is 9.82. The van der Waals surface area contributed by atoms with Crippen LogP contribution in [0.15, 0.2) is 45.6 Å². The second-order valence-corrected chi connectivity index (χ2v) is 5.01. The van der Waals surface area contributed by atoms with Gasteiger partial charge in [0.05, 0.1) is 6.10 Å². The molecule has 1 unspecified atom stereocenters. The summed E-state index contributed by atoms with van der Waals surface area (Å²) in [7, 11) is 0. The maximum Gasteiger partial charge on any atom is 0.0980 e. The predicted molar refractivity (Wildman–Crippen MR) is 70.3 cm³/mol. The van der Waals surface area contributed by atoms with Crippen molar-refractivity contribution in [2.75, 3.05) is 0 Å². The van der Waals surface area contributed by atoms with Crippen molar-refractivity contribution in [3.05, 3.63) is 45.6 Å². The summed E-state index contributed by atoms with van der Waals surface area (Å²) in [4.78, 5) is 0. The predicted octanol–water partition coefficient (Wildman–Crippen LogP) is 3.93. The van der Waals surface area contributed by atoms with Gasteiger partial charge in [0.2, 0.25) is 0 Å². The molecule has 0 amide bonds. The van der Waals surface area contributed by atoms with Crippen molar-refractivity contribution in [1.82, 2.24) is 0 Å². The molecule has 0 heterocycles. The second kappa shape index (κ2) is 4.84. The zero-order valence-corrected chi connectivity index (χ0v) is 11.2. The van der Waals surface area contributed by atoms with Gasteiger partial charge < -0.3 is 5.11 Å². The van der Waals surface area contributed by atoms with Crippen LogP contribution in [0.25, 0.3) is 0 Å². The van der Waals surface area contributed by atoms with E-state index < -0.39 is 6.10 Å². The van der Waals surface area contributed by atoms with Gasteiger partial charge in [0.15, 0.2) is 0 Å². The first-order chi connectivity index (χ1) is 7.36. The Hall–Kier alpha value is -1.08. The second-order valence-electron chi connectivity index (χ2n) is 5.01. The van der Waals surface area contributed by atoms with Crippen LogP contribution in [0.1, 0.15) is 41.5 Å². The topological polar surface area (TPSA) is 20.2 Å². The Morgan fingerprint density at radius 3 is 1.88 bits per heavy atom. The van der Waals surface area contributed by atoms with Crippen LogP contribution in [0.4, 0.5) is 0 Å². The van der Waals surface area contributed by atoms with Crippen LogP contribution in [-0.2, 0) is 0 Å². The molecule has 1 nitrogen and oxygen atoms in total. The Balaban J connectivity index is 3.56. The minimum Gasteiger partial charge on any atom is -0.384 e. The smallest absolute Gasteiger partial charge is 0.0980 e. The highest BCUT2D eigenvalue weighted by atomic mass is 16.3. The zero-order valence-electron chi connectivity index (χ0n) is 11.2. The summed E-state index contributed by atoms with van der Waals surface area (Å²) in [5.74, 6) is 0. The van der Waals surface area contributed by atoms with E-state index >= 15 is 0 Å². The lowest BCUT2D eigenvalue weighted by Crippen LogP contribution is -2.17. The van der Waals surface area contributed by atoms with Gasteiger partial charge in [-0.2, -0.15) is 0 Å². The summed E-state index contributed by atoms with van der Waals surface area (Å²) in [5, 5.41) is 10.1. The van der Waals surface area contributed by atoms with E-state index in [1.807, 2.05) is 12.2 Å². The maximum atomic E-state index is 10.1. The van der Waals surface area contributed by atoms with Gasteiger partial charge in [-0.05, 0) is 58.3 Å². The highest BCUT2D eigenvalue weighted by molar-refractivity contribution is 5.61. The summed E-state index contributed by atoms with van der Waals surface area (Å²) in [6.45, 7) is 12.6. The Labute approximate surface area is 98.9 Å². The molecule has 16 heavy (non-hydrogen) atoms. The fourth-order valence-electron chi connectivity index (χ4n) is 2.16. The van der Waals surface area contributed by atoms with Crippen molar-refractivity contribution in [2.45, 2.75) is 47.6 Å². The van der Waals surface area contributed by atoms with E-state index in [0.29, 0.717) is 0 Å². The van der Waals surface area contributed by atoms with Gasteiger partial charge in [-0.15, -0.1) is 0 Å². The molecule has 1 aliphatic carbocycles. The minimum absolute atomic E-state index is 0.460. The van der Waals surface area contributed by atoms with Crippen LogP contribution in [0.5, 0.6) is 0 Å². The first-order valence-electron chi connectivity index (χ1n) is 5.75. The van der Waals surface area contributed by atoms with Gasteiger partial charge >= 0.3 is 0 Å². The first kappa shape index (κ1) is 13.0. The van der Waals surface area contributed by atoms with E-state index in [2.05, 4.69) is 41.5 Å². The monoisotopic (exact) mass is 218 g/mol. The molecule has 1 N–H and O–H groups in total. The molecule has 88 valence electrons. The lowest BCUT2D eigenvalue weighted by molar-refractivity contribution is 0.258. The van der Waals surface area contributed by atoms with E-state index in [4.69, 9.17) is 0 Å². The molecule has 0 saturated heterocycles. The van der Waals surface area contributed by atoms with E-state index in [0.717, 1.165) is 5.57 Å². The normalized spacial score (nSPS) is 20.2. The van der Waals surface area contributed by atoms with Crippen LogP contribution in [0, 0.1) is 0 Å². The molecule has 1 heteroatoms. The fourth-order valence-corrected chi connectivity index (χ4v) is 2.16. The largest absolute Gasteiger partial charge is 0.384 e. The van der Waals surface area contributed by atoms with Gasteiger partial charge in [-0.1, -0.05) is 28.9 Å². The van der Waals surface area contributed by atoms with Crippen LogP contribution in [-0.4, -0.2) is 11.2 Å². The molecule has 0 spiro atoms. The summed E-state index contributed by atoms with van der Waals surface area (Å²) in [6.07, 6.45) is 3.45.